The van der Waals surface area contributed by atoms with Gasteiger partial charge in [0, 0.05) is 6.42 Å². The molecular weight excluding hydrogens is 419 g/mol. The number of ether oxygens (including phenoxy) is 1. The lowest BCUT2D eigenvalue weighted by Gasteiger charge is -2.16. The van der Waals surface area contributed by atoms with Crippen LogP contribution in [0.2, 0.25) is 10.0 Å². The minimum absolute atomic E-state index is 0.0436. The lowest BCUT2D eigenvalue weighted by Crippen LogP contribution is -2.20. The summed E-state index contributed by atoms with van der Waals surface area (Å²) in [6.07, 6.45) is 2.14. The van der Waals surface area contributed by atoms with E-state index >= 15 is 0 Å². The van der Waals surface area contributed by atoms with Crippen LogP contribution >= 0.6 is 34.5 Å². The predicted molar refractivity (Wildman–Crippen MR) is 105 cm³/mol. The van der Waals surface area contributed by atoms with Crippen molar-refractivity contribution in [3.8, 4) is 5.88 Å². The number of thiazole rings is 1. The Labute approximate surface area is 165 Å². The number of anilines is 1. The summed E-state index contributed by atoms with van der Waals surface area (Å²) in [4.78, 5) is 15.4. The Kier molecular flexibility index (Phi) is 7.05. The molecule has 10 heteroatoms. The average molecular weight is 435 g/mol. The minimum Gasteiger partial charge on any atom is -0.406 e. The van der Waals surface area contributed by atoms with Crippen molar-refractivity contribution in [3.63, 3.8) is 0 Å². The third-order valence-corrected chi connectivity index (χ3v) is 6.51. The van der Waals surface area contributed by atoms with E-state index in [2.05, 4.69) is 16.3 Å². The molecule has 1 aromatic carbocycles. The molecule has 1 atom stereocenters. The summed E-state index contributed by atoms with van der Waals surface area (Å²) in [6.45, 7) is 5.42. The van der Waals surface area contributed by atoms with Gasteiger partial charge in [-0.25, -0.2) is 8.42 Å². The number of aromatic nitrogens is 1. The Morgan fingerprint density at radius 1 is 1.46 bits per heavy atom. The van der Waals surface area contributed by atoms with Crippen molar-refractivity contribution in [2.75, 3.05) is 4.72 Å². The molecule has 140 valence electrons. The fraction of sp³-hybridized carbons (Fsp3) is 0.250. The SMILES string of the molecule is C=CC(c1cccc(Cl)c1Cl)S(=O)(=O)Nc1nc(OC(=O)CCC)cs1. The number of carbonyl (C=O) groups excluding carboxylic acids is 1. The molecule has 0 spiro atoms. The van der Waals surface area contributed by atoms with Gasteiger partial charge >= 0.3 is 5.97 Å². The van der Waals surface area contributed by atoms with Gasteiger partial charge in [0.05, 0.1) is 15.4 Å². The number of halogens is 2. The van der Waals surface area contributed by atoms with E-state index in [1.165, 1.54) is 11.5 Å². The van der Waals surface area contributed by atoms with Crippen molar-refractivity contribution in [3.05, 3.63) is 51.8 Å². The van der Waals surface area contributed by atoms with E-state index < -0.39 is 21.2 Å². The van der Waals surface area contributed by atoms with E-state index in [4.69, 9.17) is 27.9 Å². The van der Waals surface area contributed by atoms with Crippen LogP contribution in [0.25, 0.3) is 0 Å². The molecule has 1 unspecified atom stereocenters. The molecule has 0 aliphatic carbocycles. The zero-order valence-electron chi connectivity index (χ0n) is 13.7. The highest BCUT2D eigenvalue weighted by Crippen LogP contribution is 2.35. The molecule has 1 aromatic heterocycles. The summed E-state index contributed by atoms with van der Waals surface area (Å²) in [5, 5.41) is 0.752. The van der Waals surface area contributed by atoms with Crippen LogP contribution in [0.1, 0.15) is 30.6 Å². The number of sulfonamides is 1. The van der Waals surface area contributed by atoms with Crippen LogP contribution in [0.4, 0.5) is 5.13 Å². The van der Waals surface area contributed by atoms with E-state index in [0.717, 1.165) is 11.3 Å². The maximum atomic E-state index is 12.7. The van der Waals surface area contributed by atoms with Crippen molar-refractivity contribution in [1.29, 1.82) is 0 Å². The van der Waals surface area contributed by atoms with Gasteiger partial charge in [-0.3, -0.25) is 9.52 Å². The second kappa shape index (κ2) is 8.85. The maximum absolute atomic E-state index is 12.7. The number of nitrogens with one attached hydrogen (secondary N) is 1. The van der Waals surface area contributed by atoms with Gasteiger partial charge in [-0.1, -0.05) is 48.3 Å². The molecule has 0 saturated heterocycles. The fourth-order valence-corrected chi connectivity index (χ4v) is 4.76. The van der Waals surface area contributed by atoms with E-state index in [1.54, 1.807) is 18.2 Å². The van der Waals surface area contributed by atoms with Crippen LogP contribution in [0, 0.1) is 0 Å². The molecule has 6 nitrogen and oxygen atoms in total. The van der Waals surface area contributed by atoms with Crippen molar-refractivity contribution in [2.24, 2.45) is 0 Å². The number of hydrogen-bond acceptors (Lipinski definition) is 6. The zero-order chi connectivity index (χ0) is 19.3. The monoisotopic (exact) mass is 434 g/mol. The first kappa shape index (κ1) is 20.7. The predicted octanol–water partition coefficient (Wildman–Crippen LogP) is 4.82. The van der Waals surface area contributed by atoms with Crippen LogP contribution in [-0.2, 0) is 14.8 Å². The standard InChI is InChI=1S/C16H16Cl2N2O4S2/c1-3-6-14(21)24-13-9-25-16(19-13)20-26(22,23)12(4-2)10-7-5-8-11(17)15(10)18/h4-5,7-9,12H,2-3,6H2,1H3,(H,19,20). The van der Waals surface area contributed by atoms with Crippen molar-refractivity contribution >= 4 is 55.7 Å². The number of nitrogens with zero attached hydrogens (tertiary/aromatic N) is 1. The molecule has 0 aliphatic rings. The zero-order valence-corrected chi connectivity index (χ0v) is 16.9. The molecule has 0 fully saturated rings. The highest BCUT2D eigenvalue weighted by Gasteiger charge is 2.28. The van der Waals surface area contributed by atoms with Gasteiger partial charge in [-0.2, -0.15) is 4.98 Å². The van der Waals surface area contributed by atoms with Gasteiger partial charge in [0.1, 0.15) is 5.25 Å². The van der Waals surface area contributed by atoms with Gasteiger partial charge in [-0.15, -0.1) is 17.9 Å². The number of hydrogen-bond donors (Lipinski definition) is 1. The molecule has 0 aliphatic heterocycles. The van der Waals surface area contributed by atoms with Crippen LogP contribution in [0.15, 0.2) is 36.2 Å². The molecule has 0 bridgehead atoms. The normalized spacial score (nSPS) is 12.4. The van der Waals surface area contributed by atoms with E-state index in [0.29, 0.717) is 12.0 Å². The van der Waals surface area contributed by atoms with Crippen LogP contribution in [0.5, 0.6) is 5.88 Å². The first-order valence-electron chi connectivity index (χ1n) is 7.52. The molecule has 2 aromatic rings. The summed E-state index contributed by atoms with van der Waals surface area (Å²) in [5.74, 6) is -0.385. The molecular formula is C16H16Cl2N2O4S2. The molecule has 1 N–H and O–H groups in total. The average Bonchev–Trinajstić information content (AvgIpc) is 2.98. The lowest BCUT2D eigenvalue weighted by atomic mass is 10.1. The highest BCUT2D eigenvalue weighted by molar-refractivity contribution is 7.93. The molecule has 0 amide bonds. The van der Waals surface area contributed by atoms with E-state index in [-0.39, 0.29) is 27.5 Å². The summed E-state index contributed by atoms with van der Waals surface area (Å²) in [5.41, 5.74) is 0.299. The Balaban J connectivity index is 2.22. The largest absolute Gasteiger partial charge is 0.406 e. The molecule has 26 heavy (non-hydrogen) atoms. The summed E-state index contributed by atoms with van der Waals surface area (Å²) < 4.78 is 32.8. The van der Waals surface area contributed by atoms with Crippen LogP contribution < -0.4 is 9.46 Å². The van der Waals surface area contributed by atoms with Crippen LogP contribution in [0.3, 0.4) is 0 Å². The molecule has 0 radical (unpaired) electrons. The highest BCUT2D eigenvalue weighted by atomic mass is 35.5. The first-order chi connectivity index (χ1) is 12.3. The Morgan fingerprint density at radius 2 is 2.19 bits per heavy atom. The van der Waals surface area contributed by atoms with Gasteiger partial charge in [0.2, 0.25) is 15.9 Å². The second-order valence-corrected chi connectivity index (χ2v) is 8.61. The van der Waals surface area contributed by atoms with Gasteiger partial charge < -0.3 is 4.74 Å². The second-order valence-electron chi connectivity index (χ2n) is 5.16. The first-order valence-corrected chi connectivity index (χ1v) is 10.7. The Hall–Kier alpha value is -1.61. The topological polar surface area (TPSA) is 85.4 Å². The smallest absolute Gasteiger partial charge is 0.312 e. The number of benzene rings is 1. The van der Waals surface area contributed by atoms with Crippen molar-refractivity contribution < 1.29 is 17.9 Å². The lowest BCUT2D eigenvalue weighted by molar-refractivity contribution is -0.134. The Morgan fingerprint density at radius 3 is 2.85 bits per heavy atom. The summed E-state index contributed by atoms with van der Waals surface area (Å²) in [7, 11) is -3.95. The van der Waals surface area contributed by atoms with Crippen molar-refractivity contribution in [2.45, 2.75) is 25.0 Å². The van der Waals surface area contributed by atoms with Gasteiger partial charge in [-0.05, 0) is 18.1 Å². The molecule has 2 rings (SSSR count). The minimum atomic E-state index is -3.95. The fourth-order valence-electron chi connectivity index (χ4n) is 2.07. The number of carbonyl (C=O) groups is 1. The number of esters is 1. The van der Waals surface area contributed by atoms with E-state index in [1.807, 2.05) is 6.92 Å². The summed E-state index contributed by atoms with van der Waals surface area (Å²) in [6, 6.07) is 4.72. The quantitative estimate of drug-likeness (QED) is 0.475. The molecule has 0 saturated carbocycles. The third kappa shape index (κ3) is 4.97. The van der Waals surface area contributed by atoms with Gasteiger partial charge in [0.25, 0.3) is 0 Å². The van der Waals surface area contributed by atoms with Crippen LogP contribution in [-0.4, -0.2) is 19.4 Å². The number of rotatable bonds is 8. The third-order valence-electron chi connectivity index (χ3n) is 3.22. The maximum Gasteiger partial charge on any atom is 0.312 e. The molecule has 1 heterocycles. The van der Waals surface area contributed by atoms with Gasteiger partial charge in [0.15, 0.2) is 5.13 Å². The summed E-state index contributed by atoms with van der Waals surface area (Å²) >= 11 is 13.1. The Bertz CT molecular complexity index is 913. The van der Waals surface area contributed by atoms with Crippen molar-refractivity contribution in [1.82, 2.24) is 4.98 Å². The van der Waals surface area contributed by atoms with E-state index in [9.17, 15) is 13.2 Å².